The highest BCUT2D eigenvalue weighted by atomic mass is 32.1. The summed E-state index contributed by atoms with van der Waals surface area (Å²) in [7, 11) is 0. The monoisotopic (exact) mass is 272 g/mol. The molecule has 5 heteroatoms. The molecule has 0 spiro atoms. The molecule has 18 heavy (non-hydrogen) atoms. The largest absolute Gasteiger partial charge is 0.489 e. The van der Waals surface area contributed by atoms with Crippen molar-refractivity contribution in [3.05, 3.63) is 15.8 Å². The van der Waals surface area contributed by atoms with Crippen molar-refractivity contribution < 1.29 is 19.4 Å². The third-order valence-corrected chi connectivity index (χ3v) is 3.67. The summed E-state index contributed by atoms with van der Waals surface area (Å²) in [5.74, 6) is -0.468. The number of hydrogen-bond acceptors (Lipinski definition) is 4. The maximum absolute atomic E-state index is 11.0. The van der Waals surface area contributed by atoms with E-state index in [0.29, 0.717) is 19.0 Å². The fourth-order valence-electron chi connectivity index (χ4n) is 1.41. The third kappa shape index (κ3) is 4.66. The van der Waals surface area contributed by atoms with Gasteiger partial charge in [-0.2, -0.15) is 0 Å². The summed E-state index contributed by atoms with van der Waals surface area (Å²) in [4.78, 5) is 12.3. The predicted molar refractivity (Wildman–Crippen MR) is 71.9 cm³/mol. The summed E-state index contributed by atoms with van der Waals surface area (Å²) in [6.45, 7) is 5.72. The number of ether oxygens (including phenoxy) is 2. The zero-order valence-corrected chi connectivity index (χ0v) is 11.7. The number of aryl methyl sites for hydroxylation is 1. The van der Waals surface area contributed by atoms with E-state index in [1.165, 1.54) is 11.3 Å². The number of carboxylic acids is 1. The van der Waals surface area contributed by atoms with Crippen LogP contribution < -0.4 is 4.74 Å². The first-order valence-electron chi connectivity index (χ1n) is 6.25. The minimum atomic E-state index is -0.929. The van der Waals surface area contributed by atoms with E-state index in [4.69, 9.17) is 14.6 Å². The number of unbranched alkanes of at least 4 members (excludes halogenated alkanes) is 1. The van der Waals surface area contributed by atoms with Crippen LogP contribution >= 0.6 is 11.3 Å². The van der Waals surface area contributed by atoms with Gasteiger partial charge in [-0.15, -0.1) is 11.3 Å². The molecule has 1 heterocycles. The number of carbonyl (C=O) groups is 1. The molecule has 0 aliphatic heterocycles. The first-order valence-corrected chi connectivity index (χ1v) is 7.07. The lowest BCUT2D eigenvalue weighted by molar-refractivity contribution is 0.0691. The van der Waals surface area contributed by atoms with Crippen molar-refractivity contribution in [3.8, 4) is 5.75 Å². The van der Waals surface area contributed by atoms with Gasteiger partial charge in [0.1, 0.15) is 12.4 Å². The van der Waals surface area contributed by atoms with Gasteiger partial charge in [-0.1, -0.05) is 20.3 Å². The van der Waals surface area contributed by atoms with Crippen LogP contribution in [0.25, 0.3) is 0 Å². The molecule has 0 bridgehead atoms. The Bertz CT molecular complexity index is 373. The van der Waals surface area contributed by atoms with Crippen molar-refractivity contribution in [2.45, 2.75) is 33.1 Å². The Labute approximate surface area is 112 Å². The van der Waals surface area contributed by atoms with Crippen LogP contribution in [0.2, 0.25) is 0 Å². The molecule has 0 amide bonds. The van der Waals surface area contributed by atoms with E-state index in [9.17, 15) is 4.79 Å². The second kappa shape index (κ2) is 8.11. The molecule has 1 rings (SSSR count). The van der Waals surface area contributed by atoms with Gasteiger partial charge in [0.05, 0.1) is 6.61 Å². The summed E-state index contributed by atoms with van der Waals surface area (Å²) in [5, 5.41) is 9.05. The Hall–Kier alpha value is -1.07. The Balaban J connectivity index is 2.41. The zero-order valence-electron chi connectivity index (χ0n) is 10.9. The lowest BCUT2D eigenvalue weighted by Crippen LogP contribution is -2.08. The molecular formula is C13H20O4S. The number of rotatable bonds is 9. The normalized spacial score (nSPS) is 10.6. The standard InChI is InChI=1S/C13H20O4S/c1-3-5-6-16-7-8-17-11-9-10(4-2)18-12(11)13(14)15/h9H,3-8H2,1-2H3,(H,14,15). The molecule has 0 fully saturated rings. The lowest BCUT2D eigenvalue weighted by Gasteiger charge is -2.06. The molecule has 0 saturated carbocycles. The average molecular weight is 272 g/mol. The SMILES string of the molecule is CCCCOCCOc1cc(CC)sc1C(=O)O. The van der Waals surface area contributed by atoms with Crippen LogP contribution in [0.4, 0.5) is 0 Å². The van der Waals surface area contributed by atoms with Crippen LogP contribution in [-0.4, -0.2) is 30.9 Å². The van der Waals surface area contributed by atoms with Crippen molar-refractivity contribution in [3.63, 3.8) is 0 Å². The summed E-state index contributed by atoms with van der Waals surface area (Å²) in [5.41, 5.74) is 0. The Morgan fingerprint density at radius 3 is 2.72 bits per heavy atom. The Morgan fingerprint density at radius 2 is 2.11 bits per heavy atom. The van der Waals surface area contributed by atoms with Crippen molar-refractivity contribution >= 4 is 17.3 Å². The van der Waals surface area contributed by atoms with Crippen LogP contribution in [-0.2, 0) is 11.2 Å². The van der Waals surface area contributed by atoms with Gasteiger partial charge in [0.15, 0.2) is 4.88 Å². The fraction of sp³-hybridized carbons (Fsp3) is 0.615. The molecule has 0 radical (unpaired) electrons. The van der Waals surface area contributed by atoms with Gasteiger partial charge in [-0.3, -0.25) is 0 Å². The molecule has 1 N–H and O–H groups in total. The Morgan fingerprint density at radius 1 is 1.33 bits per heavy atom. The van der Waals surface area contributed by atoms with Crippen molar-refractivity contribution in [2.75, 3.05) is 19.8 Å². The molecule has 0 unspecified atom stereocenters. The Kier molecular flexibility index (Phi) is 6.75. The zero-order chi connectivity index (χ0) is 13.4. The van der Waals surface area contributed by atoms with Gasteiger partial charge in [0.25, 0.3) is 0 Å². The first-order chi connectivity index (χ1) is 8.69. The fourth-order valence-corrected chi connectivity index (χ4v) is 2.29. The minimum Gasteiger partial charge on any atom is -0.489 e. The second-order valence-electron chi connectivity index (χ2n) is 3.88. The van der Waals surface area contributed by atoms with Crippen LogP contribution in [0.5, 0.6) is 5.75 Å². The van der Waals surface area contributed by atoms with Gasteiger partial charge < -0.3 is 14.6 Å². The van der Waals surface area contributed by atoms with Crippen LogP contribution in [0, 0.1) is 0 Å². The first kappa shape index (κ1) is 15.0. The van der Waals surface area contributed by atoms with Crippen LogP contribution in [0.15, 0.2) is 6.07 Å². The minimum absolute atomic E-state index is 0.278. The average Bonchev–Trinajstić information content (AvgIpc) is 2.77. The summed E-state index contributed by atoms with van der Waals surface area (Å²) in [6, 6.07) is 1.81. The summed E-state index contributed by atoms with van der Waals surface area (Å²) in [6.07, 6.45) is 2.97. The highest BCUT2D eigenvalue weighted by Gasteiger charge is 2.15. The second-order valence-corrected chi connectivity index (χ2v) is 5.02. The highest BCUT2D eigenvalue weighted by Crippen LogP contribution is 2.29. The molecule has 0 aliphatic carbocycles. The molecule has 0 saturated heterocycles. The van der Waals surface area contributed by atoms with Crippen molar-refractivity contribution in [1.29, 1.82) is 0 Å². The van der Waals surface area contributed by atoms with E-state index < -0.39 is 5.97 Å². The van der Waals surface area contributed by atoms with E-state index in [1.54, 1.807) is 6.07 Å². The number of carboxylic acid groups (broad SMARTS) is 1. The van der Waals surface area contributed by atoms with Gasteiger partial charge in [-0.05, 0) is 18.9 Å². The van der Waals surface area contributed by atoms with Gasteiger partial charge >= 0.3 is 5.97 Å². The van der Waals surface area contributed by atoms with Crippen LogP contribution in [0.1, 0.15) is 41.2 Å². The summed E-state index contributed by atoms with van der Waals surface area (Å²) >= 11 is 1.27. The molecule has 0 aliphatic rings. The number of aromatic carboxylic acids is 1. The maximum Gasteiger partial charge on any atom is 0.349 e. The quantitative estimate of drug-likeness (QED) is 0.701. The number of hydrogen-bond donors (Lipinski definition) is 1. The maximum atomic E-state index is 11.0. The molecular weight excluding hydrogens is 252 g/mol. The van der Waals surface area contributed by atoms with Gasteiger partial charge in [0.2, 0.25) is 0 Å². The van der Waals surface area contributed by atoms with E-state index >= 15 is 0 Å². The van der Waals surface area contributed by atoms with Gasteiger partial charge in [-0.25, -0.2) is 4.79 Å². The van der Waals surface area contributed by atoms with Crippen LogP contribution in [0.3, 0.4) is 0 Å². The lowest BCUT2D eigenvalue weighted by atomic mass is 10.3. The molecule has 1 aromatic heterocycles. The predicted octanol–water partition coefficient (Wildman–Crippen LogP) is 3.20. The topological polar surface area (TPSA) is 55.8 Å². The van der Waals surface area contributed by atoms with Gasteiger partial charge in [0, 0.05) is 11.5 Å². The molecule has 4 nitrogen and oxygen atoms in total. The smallest absolute Gasteiger partial charge is 0.349 e. The van der Waals surface area contributed by atoms with E-state index in [0.717, 1.165) is 30.7 Å². The van der Waals surface area contributed by atoms with Crippen molar-refractivity contribution in [2.24, 2.45) is 0 Å². The van der Waals surface area contributed by atoms with E-state index in [1.807, 2.05) is 6.92 Å². The molecule has 0 aromatic carbocycles. The highest BCUT2D eigenvalue weighted by molar-refractivity contribution is 7.14. The summed E-state index contributed by atoms with van der Waals surface area (Å²) < 4.78 is 10.8. The van der Waals surface area contributed by atoms with E-state index in [-0.39, 0.29) is 4.88 Å². The number of thiophene rings is 1. The van der Waals surface area contributed by atoms with Crippen molar-refractivity contribution in [1.82, 2.24) is 0 Å². The third-order valence-electron chi connectivity index (χ3n) is 2.42. The van der Waals surface area contributed by atoms with E-state index in [2.05, 4.69) is 6.92 Å². The molecule has 102 valence electrons. The molecule has 0 atom stereocenters. The molecule has 1 aromatic rings.